The molecular weight excluding hydrogens is 1330 g/mol. The van der Waals surface area contributed by atoms with Crippen molar-refractivity contribution in [2.45, 2.75) is 446 Å². The van der Waals surface area contributed by atoms with Crippen LogP contribution in [0.25, 0.3) is 0 Å². The number of carbonyl (C=O) groups excluding carboxylic acids is 4. The first kappa shape index (κ1) is 100. The van der Waals surface area contributed by atoms with Crippen molar-refractivity contribution in [3.63, 3.8) is 0 Å². The van der Waals surface area contributed by atoms with Gasteiger partial charge in [0.15, 0.2) is 12.2 Å². The van der Waals surface area contributed by atoms with Crippen LogP contribution in [0.15, 0.2) is 0 Å². The molecule has 0 rings (SSSR count). The molecule has 0 aromatic carbocycles. The Morgan fingerprint density at radius 3 is 0.696 bits per heavy atom. The van der Waals surface area contributed by atoms with E-state index < -0.39 is 97.5 Å². The van der Waals surface area contributed by atoms with Gasteiger partial charge in [-0.25, -0.2) is 9.13 Å². The summed E-state index contributed by atoms with van der Waals surface area (Å²) in [5.41, 5.74) is 0. The molecule has 606 valence electrons. The molecule has 0 saturated heterocycles. The number of phosphoric acid groups is 2. The molecule has 0 aliphatic carbocycles. The Morgan fingerprint density at radius 2 is 0.471 bits per heavy atom. The van der Waals surface area contributed by atoms with Gasteiger partial charge in [0.2, 0.25) is 0 Å². The monoisotopic (exact) mass is 1490 g/mol. The van der Waals surface area contributed by atoms with E-state index in [1.165, 1.54) is 225 Å². The van der Waals surface area contributed by atoms with Crippen molar-refractivity contribution in [3.05, 3.63) is 0 Å². The van der Waals surface area contributed by atoms with E-state index in [-0.39, 0.29) is 25.7 Å². The van der Waals surface area contributed by atoms with Crippen molar-refractivity contribution >= 4 is 39.5 Å². The maximum absolute atomic E-state index is 13.1. The maximum atomic E-state index is 13.1. The SMILES string of the molecule is CCC(C)CCCCCCCCCCCCCCCCCCCCC(=O)O[C@H](COC(=O)CCCCCCCCC(C)C)COP(=O)(O)OC[C@H](O)COP(=O)(O)OC[C@@H](COC(=O)CCCCCCCCCCCCCCCCC(C)CC)OC(=O)CCCCCCCCCCCCC(C)C. The van der Waals surface area contributed by atoms with Crippen LogP contribution in [0.2, 0.25) is 0 Å². The normalized spacial score (nSPS) is 14.5. The molecule has 0 bridgehead atoms. The van der Waals surface area contributed by atoms with Crippen molar-refractivity contribution < 1.29 is 80.2 Å². The quantitative estimate of drug-likeness (QED) is 0.0222. The zero-order valence-electron chi connectivity index (χ0n) is 67.2. The third-order valence-electron chi connectivity index (χ3n) is 20.0. The standard InChI is InChI=1S/C83H162O17P2/c1-9-75(7)61-53-45-36-30-23-19-15-13-11-12-14-16-22-26-33-39-49-57-65-82(87)100-79(70-94-81(86)64-56-48-42-41-44-52-60-74(5)6)72-98-102(91,92)96-68-77(84)67-95-101(89,90)97-71-78(99-83(88)66-58-50-40-34-28-27-29-35-43-51-59-73(3)4)69-93-80(85)63-55-47-38-32-25-21-18-17-20-24-31-37-46-54-62-76(8)10-2/h73-79,84H,9-72H2,1-8H3,(H,89,90)(H,91,92)/t75?,76?,77-,78-,79-/m1/s1. The highest BCUT2D eigenvalue weighted by molar-refractivity contribution is 7.47. The van der Waals surface area contributed by atoms with E-state index in [0.29, 0.717) is 31.6 Å². The van der Waals surface area contributed by atoms with Gasteiger partial charge in [-0.2, -0.15) is 0 Å². The lowest BCUT2D eigenvalue weighted by molar-refractivity contribution is -0.161. The fourth-order valence-corrected chi connectivity index (χ4v) is 14.3. The average molecular weight is 1490 g/mol. The van der Waals surface area contributed by atoms with Crippen molar-refractivity contribution in [1.82, 2.24) is 0 Å². The van der Waals surface area contributed by atoms with E-state index in [4.69, 9.17) is 37.0 Å². The summed E-state index contributed by atoms with van der Waals surface area (Å²) in [6, 6.07) is 0. The molecule has 0 fully saturated rings. The molecule has 0 aliphatic heterocycles. The second kappa shape index (κ2) is 72.0. The number of hydrogen-bond donors (Lipinski definition) is 3. The van der Waals surface area contributed by atoms with Crippen LogP contribution < -0.4 is 0 Å². The van der Waals surface area contributed by atoms with Gasteiger partial charge >= 0.3 is 39.5 Å². The first-order chi connectivity index (χ1) is 49.2. The Bertz CT molecular complexity index is 1990. The fraction of sp³-hybridized carbons (Fsp3) is 0.952. The maximum Gasteiger partial charge on any atom is 0.472 e. The molecule has 0 aromatic rings. The van der Waals surface area contributed by atoms with Crippen LogP contribution in [0.5, 0.6) is 0 Å². The van der Waals surface area contributed by atoms with Gasteiger partial charge in [0, 0.05) is 25.7 Å². The first-order valence-electron chi connectivity index (χ1n) is 42.8. The number of unbranched alkanes of at least 4 members (excludes halogenated alkanes) is 44. The van der Waals surface area contributed by atoms with Crippen LogP contribution in [0.1, 0.15) is 428 Å². The Morgan fingerprint density at radius 1 is 0.275 bits per heavy atom. The van der Waals surface area contributed by atoms with Gasteiger partial charge in [-0.1, -0.05) is 376 Å². The van der Waals surface area contributed by atoms with Crippen LogP contribution in [-0.2, 0) is 65.4 Å². The van der Waals surface area contributed by atoms with Gasteiger partial charge in [0.1, 0.15) is 19.3 Å². The molecule has 0 aromatic heterocycles. The smallest absolute Gasteiger partial charge is 0.462 e. The topological polar surface area (TPSA) is 237 Å². The lowest BCUT2D eigenvalue weighted by atomic mass is 9.99. The van der Waals surface area contributed by atoms with Crippen molar-refractivity contribution in [2.75, 3.05) is 39.6 Å². The Balaban J connectivity index is 5.16. The van der Waals surface area contributed by atoms with Gasteiger partial charge in [0.25, 0.3) is 0 Å². The minimum absolute atomic E-state index is 0.106. The van der Waals surface area contributed by atoms with Gasteiger partial charge in [-0.3, -0.25) is 37.3 Å². The van der Waals surface area contributed by atoms with E-state index >= 15 is 0 Å². The number of aliphatic hydroxyl groups excluding tert-OH is 1. The summed E-state index contributed by atoms with van der Waals surface area (Å²) < 4.78 is 68.7. The molecule has 0 heterocycles. The molecule has 0 aliphatic rings. The number of carbonyl (C=O) groups is 4. The summed E-state index contributed by atoms with van der Waals surface area (Å²) in [4.78, 5) is 73.0. The molecule has 0 saturated carbocycles. The molecule has 19 heteroatoms. The highest BCUT2D eigenvalue weighted by atomic mass is 31.2. The van der Waals surface area contributed by atoms with Crippen molar-refractivity contribution in [2.24, 2.45) is 23.7 Å². The first-order valence-corrected chi connectivity index (χ1v) is 45.8. The Hall–Kier alpha value is -1.94. The van der Waals surface area contributed by atoms with Crippen LogP contribution in [-0.4, -0.2) is 96.7 Å². The van der Waals surface area contributed by atoms with Gasteiger partial charge in [-0.15, -0.1) is 0 Å². The molecule has 3 N–H and O–H groups in total. The molecule has 102 heavy (non-hydrogen) atoms. The lowest BCUT2D eigenvalue weighted by Gasteiger charge is -2.21. The van der Waals surface area contributed by atoms with E-state index in [9.17, 15) is 43.2 Å². The van der Waals surface area contributed by atoms with E-state index in [1.54, 1.807) is 0 Å². The zero-order chi connectivity index (χ0) is 75.3. The van der Waals surface area contributed by atoms with Crippen molar-refractivity contribution in [1.29, 1.82) is 0 Å². The number of ether oxygens (including phenoxy) is 4. The van der Waals surface area contributed by atoms with Crippen molar-refractivity contribution in [3.8, 4) is 0 Å². The molecule has 0 radical (unpaired) electrons. The Labute approximate surface area is 626 Å². The predicted molar refractivity (Wildman–Crippen MR) is 418 cm³/mol. The third-order valence-corrected chi connectivity index (χ3v) is 21.9. The summed E-state index contributed by atoms with van der Waals surface area (Å²) in [7, 11) is -9.92. The molecule has 0 amide bonds. The highest BCUT2D eigenvalue weighted by Gasteiger charge is 2.30. The number of phosphoric ester groups is 2. The van der Waals surface area contributed by atoms with Gasteiger partial charge < -0.3 is 33.8 Å². The average Bonchev–Trinajstić information content (AvgIpc) is 1.04. The number of hydrogen-bond acceptors (Lipinski definition) is 15. The van der Waals surface area contributed by atoms with Gasteiger partial charge in [0.05, 0.1) is 26.4 Å². The zero-order valence-corrected chi connectivity index (χ0v) is 69.0. The third kappa shape index (κ3) is 73.6. The summed E-state index contributed by atoms with van der Waals surface area (Å²) >= 11 is 0. The van der Waals surface area contributed by atoms with Crippen LogP contribution in [0, 0.1) is 23.7 Å². The largest absolute Gasteiger partial charge is 0.472 e. The number of aliphatic hydroxyl groups is 1. The highest BCUT2D eigenvalue weighted by Crippen LogP contribution is 2.45. The molecule has 17 nitrogen and oxygen atoms in total. The number of rotatable bonds is 80. The second-order valence-electron chi connectivity index (χ2n) is 31.3. The molecule has 0 spiro atoms. The minimum atomic E-state index is -4.96. The van der Waals surface area contributed by atoms with Crippen LogP contribution >= 0.6 is 15.6 Å². The van der Waals surface area contributed by atoms with Gasteiger partial charge in [-0.05, 0) is 49.4 Å². The van der Waals surface area contributed by atoms with E-state index in [1.807, 2.05) is 0 Å². The Kier molecular flexibility index (Phi) is 70.6. The summed E-state index contributed by atoms with van der Waals surface area (Å²) in [6.07, 6.45) is 59.8. The lowest BCUT2D eigenvalue weighted by Crippen LogP contribution is -2.30. The van der Waals surface area contributed by atoms with E-state index in [2.05, 4.69) is 55.4 Å². The summed E-state index contributed by atoms with van der Waals surface area (Å²) in [6.45, 7) is 14.3. The fourth-order valence-electron chi connectivity index (χ4n) is 12.7. The molecule has 4 unspecified atom stereocenters. The molecular formula is C83H162O17P2. The molecule has 7 atom stereocenters. The van der Waals surface area contributed by atoms with Crippen LogP contribution in [0.3, 0.4) is 0 Å². The predicted octanol–water partition coefficient (Wildman–Crippen LogP) is 24.8. The van der Waals surface area contributed by atoms with E-state index in [0.717, 1.165) is 114 Å². The number of esters is 4. The second-order valence-corrected chi connectivity index (χ2v) is 34.2. The summed E-state index contributed by atoms with van der Waals surface area (Å²) in [5, 5.41) is 10.6. The van der Waals surface area contributed by atoms with Crippen LogP contribution in [0.4, 0.5) is 0 Å². The minimum Gasteiger partial charge on any atom is -0.462 e. The summed E-state index contributed by atoms with van der Waals surface area (Å²) in [5.74, 6) is 1.04.